The fourth-order valence-electron chi connectivity index (χ4n) is 2.99. The van der Waals surface area contributed by atoms with Crippen molar-refractivity contribution in [3.8, 4) is 0 Å². The van der Waals surface area contributed by atoms with Crippen LogP contribution in [-0.4, -0.2) is 46.4 Å². The minimum atomic E-state index is -0.0104. The van der Waals surface area contributed by atoms with Crippen LogP contribution in [0.4, 0.5) is 5.69 Å². The molecule has 0 bridgehead atoms. The zero-order valence-corrected chi connectivity index (χ0v) is 14.0. The summed E-state index contributed by atoms with van der Waals surface area (Å²) in [5.74, 6) is 0.156. The van der Waals surface area contributed by atoms with Gasteiger partial charge in [0.25, 0.3) is 0 Å². The van der Waals surface area contributed by atoms with Crippen LogP contribution >= 0.6 is 0 Å². The highest BCUT2D eigenvalue weighted by Gasteiger charge is 2.24. The normalized spacial score (nSPS) is 17.9. The van der Waals surface area contributed by atoms with Gasteiger partial charge in [0.05, 0.1) is 25.5 Å². The highest BCUT2D eigenvalue weighted by Crippen LogP contribution is 2.15. The Balaban J connectivity index is 1.52. The molecule has 128 valence electrons. The Morgan fingerprint density at radius 3 is 3.00 bits per heavy atom. The monoisotopic (exact) mass is 328 g/mol. The van der Waals surface area contributed by atoms with E-state index in [2.05, 4.69) is 5.10 Å². The number of carbonyl (C=O) groups excluding carboxylic acids is 1. The lowest BCUT2D eigenvalue weighted by molar-refractivity contribution is -0.139. The van der Waals surface area contributed by atoms with Crippen molar-refractivity contribution in [3.05, 3.63) is 47.8 Å². The largest absolute Gasteiger partial charge is 0.399 e. The van der Waals surface area contributed by atoms with Crippen LogP contribution in [0.3, 0.4) is 0 Å². The van der Waals surface area contributed by atoms with Crippen molar-refractivity contribution in [3.63, 3.8) is 0 Å². The molecule has 2 heterocycles. The zero-order chi connectivity index (χ0) is 16.9. The van der Waals surface area contributed by atoms with Crippen LogP contribution in [0.5, 0.6) is 0 Å². The van der Waals surface area contributed by atoms with Gasteiger partial charge in [-0.1, -0.05) is 18.2 Å². The number of aromatic nitrogens is 2. The molecule has 1 unspecified atom stereocenters. The predicted molar refractivity (Wildman–Crippen MR) is 92.5 cm³/mol. The van der Waals surface area contributed by atoms with Crippen molar-refractivity contribution < 1.29 is 9.53 Å². The van der Waals surface area contributed by atoms with Gasteiger partial charge in [-0.2, -0.15) is 5.10 Å². The van der Waals surface area contributed by atoms with Crippen molar-refractivity contribution in [1.29, 1.82) is 0 Å². The first-order valence-corrected chi connectivity index (χ1v) is 8.33. The maximum absolute atomic E-state index is 12.5. The van der Waals surface area contributed by atoms with Crippen LogP contribution < -0.4 is 5.73 Å². The number of hydrogen-bond acceptors (Lipinski definition) is 4. The molecule has 24 heavy (non-hydrogen) atoms. The van der Waals surface area contributed by atoms with Gasteiger partial charge in [0.1, 0.15) is 0 Å². The van der Waals surface area contributed by atoms with E-state index in [1.54, 1.807) is 0 Å². The maximum atomic E-state index is 12.5. The summed E-state index contributed by atoms with van der Waals surface area (Å²) in [5, 5.41) is 4.28. The van der Waals surface area contributed by atoms with E-state index >= 15 is 0 Å². The number of carbonyl (C=O) groups is 1. The standard InChI is InChI=1S/C18H24N4O2/c1-14-10-20-22(11-14)13-16-12-21(8-9-24-16)18(23)7-6-15-4-2-3-5-17(15)19/h2-5,10-11,16H,6-9,12-13,19H2,1H3. The molecule has 1 amide bonds. The number of hydrogen-bond donors (Lipinski definition) is 1. The lowest BCUT2D eigenvalue weighted by Crippen LogP contribution is -2.47. The van der Waals surface area contributed by atoms with Crippen LogP contribution in [0.25, 0.3) is 0 Å². The van der Waals surface area contributed by atoms with Crippen LogP contribution in [0, 0.1) is 6.92 Å². The second-order valence-electron chi connectivity index (χ2n) is 6.27. The molecule has 6 nitrogen and oxygen atoms in total. The Morgan fingerprint density at radius 1 is 1.42 bits per heavy atom. The van der Waals surface area contributed by atoms with Gasteiger partial charge in [-0.05, 0) is 30.5 Å². The molecule has 1 aromatic carbocycles. The summed E-state index contributed by atoms with van der Waals surface area (Å²) >= 11 is 0. The van der Waals surface area contributed by atoms with Gasteiger partial charge < -0.3 is 15.4 Å². The van der Waals surface area contributed by atoms with Crippen LogP contribution in [0.1, 0.15) is 17.5 Å². The minimum Gasteiger partial charge on any atom is -0.399 e. The molecule has 1 saturated heterocycles. The van der Waals surface area contributed by atoms with Crippen LogP contribution in [-0.2, 0) is 22.5 Å². The number of anilines is 1. The summed E-state index contributed by atoms with van der Waals surface area (Å²) in [6.45, 7) is 4.52. The highest BCUT2D eigenvalue weighted by molar-refractivity contribution is 5.76. The minimum absolute atomic E-state index is 0.0104. The Kier molecular flexibility index (Phi) is 5.15. The number of nitrogens with zero attached hydrogens (tertiary/aromatic N) is 3. The second kappa shape index (κ2) is 7.49. The molecule has 1 fully saturated rings. The number of nitrogen functional groups attached to an aromatic ring is 1. The number of ether oxygens (including phenoxy) is 1. The maximum Gasteiger partial charge on any atom is 0.223 e. The van der Waals surface area contributed by atoms with Gasteiger partial charge in [-0.15, -0.1) is 0 Å². The first-order valence-electron chi connectivity index (χ1n) is 8.33. The zero-order valence-electron chi connectivity index (χ0n) is 14.0. The number of morpholine rings is 1. The third-order valence-electron chi connectivity index (χ3n) is 4.31. The van der Waals surface area contributed by atoms with Crippen molar-refractivity contribution in [2.45, 2.75) is 32.4 Å². The smallest absolute Gasteiger partial charge is 0.223 e. The molecular weight excluding hydrogens is 304 g/mol. The van der Waals surface area contributed by atoms with E-state index in [4.69, 9.17) is 10.5 Å². The van der Waals surface area contributed by atoms with Gasteiger partial charge in [0.2, 0.25) is 5.91 Å². The van der Waals surface area contributed by atoms with Gasteiger partial charge >= 0.3 is 0 Å². The molecule has 1 atom stereocenters. The summed E-state index contributed by atoms with van der Waals surface area (Å²) in [6.07, 6.45) is 4.95. The summed E-state index contributed by atoms with van der Waals surface area (Å²) < 4.78 is 7.65. The molecule has 0 saturated carbocycles. The Morgan fingerprint density at radius 2 is 2.25 bits per heavy atom. The van der Waals surface area contributed by atoms with E-state index in [1.165, 1.54) is 0 Å². The number of amides is 1. The fraction of sp³-hybridized carbons (Fsp3) is 0.444. The predicted octanol–water partition coefficient (Wildman–Crippen LogP) is 1.63. The van der Waals surface area contributed by atoms with E-state index in [-0.39, 0.29) is 12.0 Å². The Hall–Kier alpha value is -2.34. The molecule has 1 aliphatic rings. The van der Waals surface area contributed by atoms with E-state index in [0.29, 0.717) is 39.1 Å². The average molecular weight is 328 g/mol. The van der Waals surface area contributed by atoms with Gasteiger partial charge in [-0.25, -0.2) is 0 Å². The number of nitrogens with two attached hydrogens (primary N) is 1. The topological polar surface area (TPSA) is 73.4 Å². The van der Waals surface area contributed by atoms with E-state index < -0.39 is 0 Å². The molecule has 1 aliphatic heterocycles. The number of rotatable bonds is 5. The lowest BCUT2D eigenvalue weighted by atomic mass is 10.1. The van der Waals surface area contributed by atoms with Crippen molar-refractivity contribution in [1.82, 2.24) is 14.7 Å². The summed E-state index contributed by atoms with van der Waals surface area (Å²) in [4.78, 5) is 14.4. The summed E-state index contributed by atoms with van der Waals surface area (Å²) in [5.41, 5.74) is 8.84. The molecule has 1 aromatic heterocycles. The molecule has 2 aromatic rings. The third-order valence-corrected chi connectivity index (χ3v) is 4.31. The van der Waals surface area contributed by atoms with Crippen LogP contribution in [0.2, 0.25) is 0 Å². The molecule has 0 radical (unpaired) electrons. The third kappa shape index (κ3) is 4.14. The van der Waals surface area contributed by atoms with Crippen LogP contribution in [0.15, 0.2) is 36.7 Å². The molecule has 0 spiro atoms. The van der Waals surface area contributed by atoms with Gasteiger partial charge in [-0.3, -0.25) is 9.48 Å². The van der Waals surface area contributed by atoms with Crippen molar-refractivity contribution in [2.75, 3.05) is 25.4 Å². The van der Waals surface area contributed by atoms with E-state index in [9.17, 15) is 4.79 Å². The SMILES string of the molecule is Cc1cnn(CC2CN(C(=O)CCc3ccccc3N)CCO2)c1. The molecular formula is C18H24N4O2. The Bertz CT molecular complexity index is 698. The molecule has 6 heteroatoms. The van der Waals surface area contributed by atoms with Gasteiger partial charge in [0, 0.05) is 31.4 Å². The quantitative estimate of drug-likeness (QED) is 0.847. The molecule has 2 N–H and O–H groups in total. The number of aryl methyl sites for hydroxylation is 2. The second-order valence-corrected chi connectivity index (χ2v) is 6.27. The van der Waals surface area contributed by atoms with E-state index in [0.717, 1.165) is 16.8 Å². The highest BCUT2D eigenvalue weighted by atomic mass is 16.5. The lowest BCUT2D eigenvalue weighted by Gasteiger charge is -2.33. The number of para-hydroxylation sites is 1. The summed E-state index contributed by atoms with van der Waals surface area (Å²) in [6, 6.07) is 7.71. The average Bonchev–Trinajstić information content (AvgIpc) is 2.99. The fourth-order valence-corrected chi connectivity index (χ4v) is 2.99. The Labute approximate surface area is 142 Å². The summed E-state index contributed by atoms with van der Waals surface area (Å²) in [7, 11) is 0. The van der Waals surface area contributed by atoms with E-state index in [1.807, 2.05) is 53.2 Å². The first-order chi connectivity index (χ1) is 11.6. The molecule has 0 aliphatic carbocycles. The first kappa shape index (κ1) is 16.5. The van der Waals surface area contributed by atoms with Crippen molar-refractivity contribution in [2.24, 2.45) is 0 Å². The van der Waals surface area contributed by atoms with Crippen molar-refractivity contribution >= 4 is 11.6 Å². The number of benzene rings is 1. The molecule has 3 rings (SSSR count). The van der Waals surface area contributed by atoms with Gasteiger partial charge in [0.15, 0.2) is 0 Å².